The summed E-state index contributed by atoms with van der Waals surface area (Å²) in [5, 5.41) is 11.8. The van der Waals surface area contributed by atoms with Gasteiger partial charge in [0.25, 0.3) is 5.91 Å². The average molecular weight is 394 g/mol. The maximum absolute atomic E-state index is 13.0. The highest BCUT2D eigenvalue weighted by Crippen LogP contribution is 2.35. The third-order valence-electron chi connectivity index (χ3n) is 4.33. The molecule has 0 saturated heterocycles. The van der Waals surface area contributed by atoms with Gasteiger partial charge in [-0.1, -0.05) is 36.4 Å². The number of carbonyl (C=O) groups is 2. The predicted octanol–water partition coefficient (Wildman–Crippen LogP) is 3.76. The molecule has 2 aromatic carbocycles. The fourth-order valence-electron chi connectivity index (χ4n) is 2.90. The lowest BCUT2D eigenvalue weighted by molar-refractivity contribution is -0.386. The van der Waals surface area contributed by atoms with E-state index in [9.17, 15) is 19.7 Å². The van der Waals surface area contributed by atoms with Crippen LogP contribution in [0.25, 0.3) is 0 Å². The number of benzene rings is 2. The Morgan fingerprint density at radius 3 is 2.45 bits per heavy atom. The van der Waals surface area contributed by atoms with Gasteiger partial charge in [-0.15, -0.1) is 0 Å². The molecule has 1 heterocycles. The highest BCUT2D eigenvalue weighted by atomic mass is 16.6. The molecule has 0 aliphatic heterocycles. The second-order valence-corrected chi connectivity index (χ2v) is 6.20. The fourth-order valence-corrected chi connectivity index (χ4v) is 2.90. The van der Waals surface area contributed by atoms with Gasteiger partial charge in [0.05, 0.1) is 12.0 Å². The van der Waals surface area contributed by atoms with Crippen molar-refractivity contribution in [2.45, 2.75) is 13.5 Å². The molecule has 0 atom stereocenters. The minimum absolute atomic E-state index is 0.0106. The summed E-state index contributed by atoms with van der Waals surface area (Å²) in [6.45, 7) is 1.77. The molecule has 0 fully saturated rings. The predicted molar refractivity (Wildman–Crippen MR) is 104 cm³/mol. The number of methoxy groups -OCH3 is 1. The summed E-state index contributed by atoms with van der Waals surface area (Å²) in [6.07, 6.45) is 1.35. The number of nitro benzene ring substituents is 1. The van der Waals surface area contributed by atoms with E-state index in [0.29, 0.717) is 5.56 Å². The Morgan fingerprint density at radius 1 is 1.07 bits per heavy atom. The normalized spacial score (nSPS) is 10.4. The number of aromatic nitrogens is 1. The van der Waals surface area contributed by atoms with Gasteiger partial charge in [-0.05, 0) is 36.2 Å². The standard InChI is InChI=1S/C21H18N2O6/c1-14-10-11-16(20(24)22-12-6-9-17(22)21(25)28-2)18(23(26)27)19(14)29-13-15-7-4-3-5-8-15/h3-12H,13H2,1-2H3. The number of carbonyl (C=O) groups excluding carboxylic acids is 2. The molecular weight excluding hydrogens is 376 g/mol. The van der Waals surface area contributed by atoms with Gasteiger partial charge in [0.15, 0.2) is 0 Å². The van der Waals surface area contributed by atoms with Gasteiger partial charge in [0.1, 0.15) is 17.9 Å². The van der Waals surface area contributed by atoms with Crippen LogP contribution in [0.2, 0.25) is 0 Å². The van der Waals surface area contributed by atoms with Crippen LogP contribution in [0.15, 0.2) is 60.8 Å². The zero-order valence-corrected chi connectivity index (χ0v) is 15.8. The minimum Gasteiger partial charge on any atom is -0.482 e. The smallest absolute Gasteiger partial charge is 0.355 e. The van der Waals surface area contributed by atoms with E-state index in [0.717, 1.165) is 10.1 Å². The topological polar surface area (TPSA) is 101 Å². The molecule has 0 bridgehead atoms. The maximum Gasteiger partial charge on any atom is 0.355 e. The first-order valence-electron chi connectivity index (χ1n) is 8.69. The van der Waals surface area contributed by atoms with Gasteiger partial charge in [0.2, 0.25) is 5.75 Å². The van der Waals surface area contributed by atoms with Gasteiger partial charge < -0.3 is 9.47 Å². The SMILES string of the molecule is COC(=O)c1cccn1C(=O)c1ccc(C)c(OCc2ccccc2)c1[N+](=O)[O-]. The number of rotatable bonds is 6. The lowest BCUT2D eigenvalue weighted by Gasteiger charge is -2.13. The molecule has 8 heteroatoms. The van der Waals surface area contributed by atoms with Crippen molar-refractivity contribution in [3.63, 3.8) is 0 Å². The summed E-state index contributed by atoms with van der Waals surface area (Å²) in [5.41, 5.74) is 0.681. The molecule has 3 aromatic rings. The summed E-state index contributed by atoms with van der Waals surface area (Å²) in [6, 6.07) is 15.0. The van der Waals surface area contributed by atoms with E-state index >= 15 is 0 Å². The molecule has 0 N–H and O–H groups in total. The molecule has 8 nitrogen and oxygen atoms in total. The van der Waals surface area contributed by atoms with Crippen LogP contribution in [-0.2, 0) is 11.3 Å². The highest BCUT2D eigenvalue weighted by molar-refractivity contribution is 6.04. The second kappa shape index (κ2) is 8.39. The summed E-state index contributed by atoms with van der Waals surface area (Å²) in [5.74, 6) is -1.44. The number of ether oxygens (including phenoxy) is 2. The Labute approximate surface area is 166 Å². The molecule has 0 saturated carbocycles. The van der Waals surface area contributed by atoms with Crippen LogP contribution < -0.4 is 4.74 Å². The third kappa shape index (κ3) is 4.01. The number of nitrogens with zero attached hydrogens (tertiary/aromatic N) is 2. The van der Waals surface area contributed by atoms with Crippen LogP contribution in [0.3, 0.4) is 0 Å². The molecule has 0 unspecified atom stereocenters. The van der Waals surface area contributed by atoms with E-state index < -0.39 is 22.5 Å². The lowest BCUT2D eigenvalue weighted by atomic mass is 10.1. The Balaban J connectivity index is 2.04. The van der Waals surface area contributed by atoms with Crippen LogP contribution in [0, 0.1) is 17.0 Å². The Kier molecular flexibility index (Phi) is 5.73. The van der Waals surface area contributed by atoms with E-state index in [-0.39, 0.29) is 23.6 Å². The first-order chi connectivity index (χ1) is 13.9. The van der Waals surface area contributed by atoms with Crippen molar-refractivity contribution in [2.75, 3.05) is 7.11 Å². The Morgan fingerprint density at radius 2 is 1.79 bits per heavy atom. The monoisotopic (exact) mass is 394 g/mol. The van der Waals surface area contributed by atoms with E-state index in [1.807, 2.05) is 30.3 Å². The van der Waals surface area contributed by atoms with Gasteiger partial charge in [-0.2, -0.15) is 0 Å². The summed E-state index contributed by atoms with van der Waals surface area (Å²) in [4.78, 5) is 36.1. The molecular formula is C21H18N2O6. The first kappa shape index (κ1) is 19.8. The molecule has 148 valence electrons. The van der Waals surface area contributed by atoms with Crippen molar-refractivity contribution < 1.29 is 24.0 Å². The number of hydrogen-bond donors (Lipinski definition) is 0. The third-order valence-corrected chi connectivity index (χ3v) is 4.33. The fraction of sp³-hybridized carbons (Fsp3) is 0.143. The maximum atomic E-state index is 13.0. The van der Waals surface area contributed by atoms with Crippen molar-refractivity contribution in [1.29, 1.82) is 0 Å². The molecule has 0 aliphatic rings. The summed E-state index contributed by atoms with van der Waals surface area (Å²) in [7, 11) is 1.19. The lowest BCUT2D eigenvalue weighted by Crippen LogP contribution is -2.19. The first-order valence-corrected chi connectivity index (χ1v) is 8.69. The number of aryl methyl sites for hydroxylation is 1. The number of hydrogen-bond acceptors (Lipinski definition) is 6. The van der Waals surface area contributed by atoms with Crippen LogP contribution in [0.4, 0.5) is 5.69 Å². The van der Waals surface area contributed by atoms with Crippen molar-refractivity contribution >= 4 is 17.6 Å². The van der Waals surface area contributed by atoms with E-state index in [1.54, 1.807) is 13.0 Å². The summed E-state index contributed by atoms with van der Waals surface area (Å²) < 4.78 is 11.4. The van der Waals surface area contributed by atoms with E-state index in [1.165, 1.54) is 31.5 Å². The van der Waals surface area contributed by atoms with Crippen molar-refractivity contribution in [3.05, 3.63) is 93.3 Å². The van der Waals surface area contributed by atoms with E-state index in [2.05, 4.69) is 4.74 Å². The second-order valence-electron chi connectivity index (χ2n) is 6.20. The Hall–Kier alpha value is -3.94. The number of nitro groups is 1. The quantitative estimate of drug-likeness (QED) is 0.358. The molecule has 0 amide bonds. The van der Waals surface area contributed by atoms with Crippen molar-refractivity contribution in [2.24, 2.45) is 0 Å². The van der Waals surface area contributed by atoms with Gasteiger partial charge >= 0.3 is 11.7 Å². The molecule has 29 heavy (non-hydrogen) atoms. The minimum atomic E-state index is -0.730. The summed E-state index contributed by atoms with van der Waals surface area (Å²) >= 11 is 0. The van der Waals surface area contributed by atoms with Gasteiger partial charge in [0, 0.05) is 6.20 Å². The molecule has 3 rings (SSSR count). The number of esters is 1. The molecule has 0 aliphatic carbocycles. The van der Waals surface area contributed by atoms with Gasteiger partial charge in [-0.25, -0.2) is 4.79 Å². The molecule has 0 spiro atoms. The van der Waals surface area contributed by atoms with Crippen LogP contribution in [0.1, 0.15) is 32.0 Å². The van der Waals surface area contributed by atoms with Crippen molar-refractivity contribution in [3.8, 4) is 5.75 Å². The van der Waals surface area contributed by atoms with Crippen LogP contribution in [-0.4, -0.2) is 28.5 Å². The Bertz CT molecular complexity index is 1070. The highest BCUT2D eigenvalue weighted by Gasteiger charge is 2.30. The largest absolute Gasteiger partial charge is 0.482 e. The zero-order valence-electron chi connectivity index (χ0n) is 15.8. The van der Waals surface area contributed by atoms with Gasteiger partial charge in [-0.3, -0.25) is 19.5 Å². The van der Waals surface area contributed by atoms with Crippen molar-refractivity contribution in [1.82, 2.24) is 4.57 Å². The molecule has 1 aromatic heterocycles. The molecule has 0 radical (unpaired) electrons. The van der Waals surface area contributed by atoms with E-state index in [4.69, 9.17) is 4.74 Å². The zero-order chi connectivity index (χ0) is 21.0. The average Bonchev–Trinajstić information content (AvgIpc) is 3.22. The van der Waals surface area contributed by atoms with Crippen LogP contribution in [0.5, 0.6) is 5.75 Å². The van der Waals surface area contributed by atoms with Crippen LogP contribution >= 0.6 is 0 Å².